The normalized spacial score (nSPS) is 10.6. The van der Waals surface area contributed by atoms with E-state index in [9.17, 15) is 4.79 Å². The molecule has 1 amide bonds. The summed E-state index contributed by atoms with van der Waals surface area (Å²) in [7, 11) is 0. The van der Waals surface area contributed by atoms with Gasteiger partial charge < -0.3 is 15.8 Å². The number of carbonyl (C=O) groups excluding carboxylic acids is 1. The lowest BCUT2D eigenvalue weighted by atomic mass is 10.3. The third kappa shape index (κ3) is 4.78. The Morgan fingerprint density at radius 2 is 2.25 bits per heavy atom. The number of hydrogen-bond donors (Lipinski definition) is 2. The standard InChI is InChI=1S/C15H16N2O2S/c16-12-3-1-4-13(11-12)19-9-8-17-15(18)7-6-14-5-2-10-20-14/h1-7,10-11H,8-9,16H2,(H,17,18). The molecule has 0 bridgehead atoms. The van der Waals surface area contributed by atoms with E-state index < -0.39 is 0 Å². The van der Waals surface area contributed by atoms with Gasteiger partial charge in [-0.05, 0) is 29.7 Å². The lowest BCUT2D eigenvalue weighted by Gasteiger charge is -2.06. The molecule has 1 aromatic heterocycles. The molecule has 1 aromatic carbocycles. The minimum atomic E-state index is -0.130. The Kier molecular flexibility index (Phi) is 5.20. The van der Waals surface area contributed by atoms with Gasteiger partial charge in [-0.2, -0.15) is 0 Å². The summed E-state index contributed by atoms with van der Waals surface area (Å²) in [5.74, 6) is 0.572. The number of ether oxygens (including phenoxy) is 1. The highest BCUT2D eigenvalue weighted by Crippen LogP contribution is 2.13. The van der Waals surface area contributed by atoms with Crippen LogP contribution < -0.4 is 15.8 Å². The van der Waals surface area contributed by atoms with Gasteiger partial charge in [0.1, 0.15) is 12.4 Å². The number of rotatable bonds is 6. The highest BCUT2D eigenvalue weighted by atomic mass is 32.1. The Bertz CT molecular complexity index is 579. The molecule has 0 unspecified atom stereocenters. The van der Waals surface area contributed by atoms with Crippen molar-refractivity contribution in [2.75, 3.05) is 18.9 Å². The number of nitrogens with two attached hydrogens (primary N) is 1. The molecule has 0 spiro atoms. The quantitative estimate of drug-likeness (QED) is 0.488. The zero-order valence-electron chi connectivity index (χ0n) is 10.9. The second-order valence-electron chi connectivity index (χ2n) is 4.06. The number of amides is 1. The number of benzene rings is 1. The number of nitrogen functional groups attached to an aromatic ring is 1. The molecule has 1 heterocycles. The van der Waals surface area contributed by atoms with Crippen LogP contribution in [0.15, 0.2) is 47.9 Å². The molecule has 3 N–H and O–H groups in total. The lowest BCUT2D eigenvalue weighted by Crippen LogP contribution is -2.26. The first kappa shape index (κ1) is 14.1. The first-order valence-corrected chi connectivity index (χ1v) is 7.10. The first-order valence-electron chi connectivity index (χ1n) is 6.22. The minimum Gasteiger partial charge on any atom is -0.492 e. The van der Waals surface area contributed by atoms with Crippen molar-refractivity contribution >= 4 is 29.0 Å². The molecule has 0 atom stereocenters. The van der Waals surface area contributed by atoms with Crippen LogP contribution >= 0.6 is 11.3 Å². The molecule has 2 aromatic rings. The van der Waals surface area contributed by atoms with Crippen molar-refractivity contribution in [1.29, 1.82) is 0 Å². The van der Waals surface area contributed by atoms with Gasteiger partial charge in [0.15, 0.2) is 0 Å². The average Bonchev–Trinajstić information content (AvgIpc) is 2.95. The number of thiophene rings is 1. The van der Waals surface area contributed by atoms with E-state index in [-0.39, 0.29) is 5.91 Å². The molecule has 104 valence electrons. The predicted molar refractivity (Wildman–Crippen MR) is 82.7 cm³/mol. The zero-order chi connectivity index (χ0) is 14.2. The van der Waals surface area contributed by atoms with Gasteiger partial charge in [0, 0.05) is 22.7 Å². The summed E-state index contributed by atoms with van der Waals surface area (Å²) in [4.78, 5) is 12.6. The second kappa shape index (κ2) is 7.35. The average molecular weight is 288 g/mol. The topological polar surface area (TPSA) is 64.3 Å². The molecular formula is C15H16N2O2S. The molecule has 0 aliphatic carbocycles. The lowest BCUT2D eigenvalue weighted by molar-refractivity contribution is -0.116. The van der Waals surface area contributed by atoms with Crippen LogP contribution in [-0.2, 0) is 4.79 Å². The predicted octanol–water partition coefficient (Wildman–Crippen LogP) is 2.54. The van der Waals surface area contributed by atoms with E-state index in [1.165, 1.54) is 6.08 Å². The van der Waals surface area contributed by atoms with Crippen LogP contribution in [0.5, 0.6) is 5.75 Å². The molecule has 4 nitrogen and oxygen atoms in total. The molecule has 20 heavy (non-hydrogen) atoms. The summed E-state index contributed by atoms with van der Waals surface area (Å²) < 4.78 is 5.47. The summed E-state index contributed by atoms with van der Waals surface area (Å²) in [5.41, 5.74) is 6.30. The summed E-state index contributed by atoms with van der Waals surface area (Å²) in [6.45, 7) is 0.852. The van der Waals surface area contributed by atoms with Crippen molar-refractivity contribution < 1.29 is 9.53 Å². The Labute approximate surface area is 121 Å². The van der Waals surface area contributed by atoms with Gasteiger partial charge in [0.2, 0.25) is 5.91 Å². The summed E-state index contributed by atoms with van der Waals surface area (Å²) >= 11 is 1.59. The molecule has 2 rings (SSSR count). The Balaban J connectivity index is 1.67. The largest absolute Gasteiger partial charge is 0.492 e. The molecule has 0 fully saturated rings. The Morgan fingerprint density at radius 1 is 1.35 bits per heavy atom. The molecule has 0 aliphatic heterocycles. The van der Waals surface area contributed by atoms with Crippen LogP contribution in [0.25, 0.3) is 6.08 Å². The smallest absolute Gasteiger partial charge is 0.244 e. The zero-order valence-corrected chi connectivity index (χ0v) is 11.7. The summed E-state index contributed by atoms with van der Waals surface area (Å²) in [6, 6.07) is 11.1. The third-order valence-electron chi connectivity index (χ3n) is 2.47. The van der Waals surface area contributed by atoms with Crippen molar-refractivity contribution in [3.8, 4) is 5.75 Å². The van der Waals surface area contributed by atoms with E-state index in [1.54, 1.807) is 29.5 Å². The highest BCUT2D eigenvalue weighted by Gasteiger charge is 1.97. The van der Waals surface area contributed by atoms with E-state index in [1.807, 2.05) is 29.6 Å². The van der Waals surface area contributed by atoms with Gasteiger partial charge in [-0.1, -0.05) is 12.1 Å². The van der Waals surface area contributed by atoms with Gasteiger partial charge in [-0.3, -0.25) is 4.79 Å². The SMILES string of the molecule is Nc1cccc(OCCNC(=O)C=Cc2cccs2)c1. The Morgan fingerprint density at radius 3 is 3.00 bits per heavy atom. The monoisotopic (exact) mass is 288 g/mol. The van der Waals surface area contributed by atoms with Crippen molar-refractivity contribution in [2.45, 2.75) is 0 Å². The van der Waals surface area contributed by atoms with Crippen LogP contribution in [-0.4, -0.2) is 19.1 Å². The van der Waals surface area contributed by atoms with Crippen molar-refractivity contribution in [1.82, 2.24) is 5.32 Å². The van der Waals surface area contributed by atoms with Crippen molar-refractivity contribution in [3.05, 3.63) is 52.7 Å². The number of carbonyl (C=O) groups is 1. The van der Waals surface area contributed by atoms with Crippen LogP contribution in [0.4, 0.5) is 5.69 Å². The van der Waals surface area contributed by atoms with E-state index >= 15 is 0 Å². The minimum absolute atomic E-state index is 0.130. The Hall–Kier alpha value is -2.27. The molecule has 0 radical (unpaired) electrons. The van der Waals surface area contributed by atoms with Gasteiger partial charge in [-0.25, -0.2) is 0 Å². The molecule has 5 heteroatoms. The number of anilines is 1. The first-order chi connectivity index (χ1) is 9.74. The van der Waals surface area contributed by atoms with E-state index in [0.29, 0.717) is 24.6 Å². The highest BCUT2D eigenvalue weighted by molar-refractivity contribution is 7.10. The fourth-order valence-corrected chi connectivity index (χ4v) is 2.17. The van der Waals surface area contributed by atoms with Crippen molar-refractivity contribution in [3.63, 3.8) is 0 Å². The van der Waals surface area contributed by atoms with E-state index in [0.717, 1.165) is 4.88 Å². The van der Waals surface area contributed by atoms with E-state index in [4.69, 9.17) is 10.5 Å². The van der Waals surface area contributed by atoms with Crippen LogP contribution in [0.2, 0.25) is 0 Å². The summed E-state index contributed by atoms with van der Waals surface area (Å²) in [5, 5.41) is 4.72. The maximum absolute atomic E-state index is 11.5. The third-order valence-corrected chi connectivity index (χ3v) is 3.31. The fourth-order valence-electron chi connectivity index (χ4n) is 1.55. The van der Waals surface area contributed by atoms with Crippen LogP contribution in [0.1, 0.15) is 4.88 Å². The number of hydrogen-bond acceptors (Lipinski definition) is 4. The number of nitrogens with one attached hydrogen (secondary N) is 1. The molecule has 0 saturated heterocycles. The van der Waals surface area contributed by atoms with Crippen LogP contribution in [0.3, 0.4) is 0 Å². The van der Waals surface area contributed by atoms with Crippen LogP contribution in [0, 0.1) is 0 Å². The molecule has 0 aliphatic rings. The fraction of sp³-hybridized carbons (Fsp3) is 0.133. The van der Waals surface area contributed by atoms with E-state index in [2.05, 4.69) is 5.32 Å². The molecule has 0 saturated carbocycles. The maximum atomic E-state index is 11.5. The summed E-state index contributed by atoms with van der Waals surface area (Å²) in [6.07, 6.45) is 3.31. The second-order valence-corrected chi connectivity index (χ2v) is 5.04. The van der Waals surface area contributed by atoms with Gasteiger partial charge in [0.25, 0.3) is 0 Å². The van der Waals surface area contributed by atoms with Crippen molar-refractivity contribution in [2.24, 2.45) is 0 Å². The van der Waals surface area contributed by atoms with Gasteiger partial charge in [0.05, 0.1) is 6.54 Å². The maximum Gasteiger partial charge on any atom is 0.244 e. The molecular weight excluding hydrogens is 272 g/mol. The van der Waals surface area contributed by atoms with Gasteiger partial charge >= 0.3 is 0 Å². The van der Waals surface area contributed by atoms with Gasteiger partial charge in [-0.15, -0.1) is 11.3 Å².